The van der Waals surface area contributed by atoms with E-state index < -0.39 is 0 Å². The predicted octanol–water partition coefficient (Wildman–Crippen LogP) is 2.05. The number of nitrogens with two attached hydrogens (primary N) is 1. The topological polar surface area (TPSA) is 30.9 Å². The zero-order valence-corrected chi connectivity index (χ0v) is 8.13. The van der Waals surface area contributed by atoms with Crippen LogP contribution in [-0.2, 0) is 6.54 Å². The van der Waals surface area contributed by atoms with Crippen molar-refractivity contribution in [3.8, 4) is 0 Å². The van der Waals surface area contributed by atoms with Crippen molar-refractivity contribution in [3.05, 3.63) is 35.8 Å². The van der Waals surface area contributed by atoms with Crippen molar-refractivity contribution >= 4 is 10.9 Å². The monoisotopic (exact) mass is 192 g/mol. The lowest BCUT2D eigenvalue weighted by molar-refractivity contribution is 0.629. The predicted molar refractivity (Wildman–Crippen MR) is 55.7 cm³/mol. The number of benzene rings is 1. The third kappa shape index (κ3) is 1.40. The summed E-state index contributed by atoms with van der Waals surface area (Å²) in [6.07, 6.45) is 0. The Morgan fingerprint density at radius 1 is 1.36 bits per heavy atom. The molecule has 1 aromatic heterocycles. The van der Waals surface area contributed by atoms with Crippen molar-refractivity contribution in [2.24, 2.45) is 5.73 Å². The highest BCUT2D eigenvalue weighted by Crippen LogP contribution is 2.20. The number of aromatic nitrogens is 1. The molecule has 0 saturated carbocycles. The molecule has 14 heavy (non-hydrogen) atoms. The second-order valence-corrected chi connectivity index (χ2v) is 3.43. The van der Waals surface area contributed by atoms with E-state index in [9.17, 15) is 4.39 Å². The second-order valence-electron chi connectivity index (χ2n) is 3.43. The molecule has 2 N–H and O–H groups in total. The molecule has 0 radical (unpaired) electrons. The Labute approximate surface area is 82.1 Å². The summed E-state index contributed by atoms with van der Waals surface area (Å²) in [5.41, 5.74) is 7.69. The molecule has 2 nitrogen and oxygen atoms in total. The minimum atomic E-state index is -0.192. The molecule has 0 aliphatic heterocycles. The van der Waals surface area contributed by atoms with E-state index in [-0.39, 0.29) is 5.82 Å². The maximum atomic E-state index is 12.9. The first-order valence-corrected chi connectivity index (χ1v) is 4.68. The van der Waals surface area contributed by atoms with E-state index in [1.807, 2.05) is 13.0 Å². The molecular formula is C11H13FN2. The van der Waals surface area contributed by atoms with Crippen molar-refractivity contribution in [2.45, 2.75) is 13.5 Å². The van der Waals surface area contributed by atoms with Gasteiger partial charge >= 0.3 is 0 Å². The molecule has 0 bridgehead atoms. The minimum absolute atomic E-state index is 0.192. The van der Waals surface area contributed by atoms with Crippen LogP contribution in [0.2, 0.25) is 0 Å². The number of nitrogens with zero attached hydrogens (tertiary/aromatic N) is 1. The lowest BCUT2D eigenvalue weighted by atomic mass is 10.2. The van der Waals surface area contributed by atoms with Gasteiger partial charge in [-0.15, -0.1) is 0 Å². The highest BCUT2D eigenvalue weighted by Gasteiger charge is 2.04. The molecule has 3 heteroatoms. The summed E-state index contributed by atoms with van der Waals surface area (Å²) in [6, 6.07) is 6.81. The van der Waals surface area contributed by atoms with Gasteiger partial charge in [0.15, 0.2) is 0 Å². The van der Waals surface area contributed by atoms with Crippen LogP contribution in [-0.4, -0.2) is 11.1 Å². The molecule has 0 aliphatic carbocycles. The van der Waals surface area contributed by atoms with Gasteiger partial charge in [-0.3, -0.25) is 0 Å². The van der Waals surface area contributed by atoms with Crippen molar-refractivity contribution < 1.29 is 4.39 Å². The fourth-order valence-corrected chi connectivity index (χ4v) is 1.81. The molecule has 0 fully saturated rings. The average Bonchev–Trinajstić information content (AvgIpc) is 2.43. The maximum Gasteiger partial charge on any atom is 0.123 e. The molecule has 0 spiro atoms. The van der Waals surface area contributed by atoms with Gasteiger partial charge in [-0.05, 0) is 31.2 Å². The molecule has 2 rings (SSSR count). The van der Waals surface area contributed by atoms with Crippen LogP contribution in [0.5, 0.6) is 0 Å². The van der Waals surface area contributed by atoms with E-state index in [0.717, 1.165) is 23.1 Å². The van der Waals surface area contributed by atoms with Crippen LogP contribution < -0.4 is 5.73 Å². The quantitative estimate of drug-likeness (QED) is 0.775. The molecule has 0 atom stereocenters. The third-order valence-corrected chi connectivity index (χ3v) is 2.42. The first-order chi connectivity index (χ1) is 6.72. The number of hydrogen-bond acceptors (Lipinski definition) is 1. The Hall–Kier alpha value is -1.35. The van der Waals surface area contributed by atoms with Gasteiger partial charge in [0.1, 0.15) is 5.82 Å². The van der Waals surface area contributed by atoms with Gasteiger partial charge in [0, 0.05) is 29.7 Å². The third-order valence-electron chi connectivity index (χ3n) is 2.42. The van der Waals surface area contributed by atoms with E-state index in [1.54, 1.807) is 12.1 Å². The van der Waals surface area contributed by atoms with Gasteiger partial charge in [-0.2, -0.15) is 0 Å². The molecule has 1 aromatic carbocycles. The van der Waals surface area contributed by atoms with Gasteiger partial charge in [0.25, 0.3) is 0 Å². The average molecular weight is 192 g/mol. The number of fused-ring (bicyclic) bond motifs is 1. The normalized spacial score (nSPS) is 11.1. The Morgan fingerprint density at radius 3 is 2.86 bits per heavy atom. The first kappa shape index (κ1) is 9.21. The smallest absolute Gasteiger partial charge is 0.123 e. The SMILES string of the molecule is Cc1cc2cc(F)ccc2n1CCN. The Balaban J connectivity index is 2.64. The summed E-state index contributed by atoms with van der Waals surface area (Å²) in [6.45, 7) is 3.39. The van der Waals surface area contributed by atoms with Crippen LogP contribution in [0.3, 0.4) is 0 Å². The highest BCUT2D eigenvalue weighted by molar-refractivity contribution is 5.81. The van der Waals surface area contributed by atoms with Gasteiger partial charge in [0.05, 0.1) is 0 Å². The number of halogens is 1. The van der Waals surface area contributed by atoms with Crippen LogP contribution in [0.4, 0.5) is 4.39 Å². The standard InChI is InChI=1S/C11H13FN2/c1-8-6-9-7-10(12)2-3-11(9)14(8)5-4-13/h2-3,6-7H,4-5,13H2,1H3. The fourth-order valence-electron chi connectivity index (χ4n) is 1.81. The Bertz CT molecular complexity index is 460. The van der Waals surface area contributed by atoms with E-state index in [0.29, 0.717) is 6.54 Å². The van der Waals surface area contributed by atoms with Crippen LogP contribution in [0.1, 0.15) is 5.69 Å². The Morgan fingerprint density at radius 2 is 2.14 bits per heavy atom. The van der Waals surface area contributed by atoms with Crippen molar-refractivity contribution in [1.82, 2.24) is 4.57 Å². The van der Waals surface area contributed by atoms with Crippen LogP contribution in [0.15, 0.2) is 24.3 Å². The van der Waals surface area contributed by atoms with E-state index >= 15 is 0 Å². The second kappa shape index (κ2) is 3.42. The molecule has 2 aromatic rings. The molecule has 74 valence electrons. The van der Waals surface area contributed by atoms with Gasteiger partial charge in [0.2, 0.25) is 0 Å². The van der Waals surface area contributed by atoms with E-state index in [2.05, 4.69) is 4.57 Å². The molecule has 0 aliphatic rings. The van der Waals surface area contributed by atoms with Crippen molar-refractivity contribution in [3.63, 3.8) is 0 Å². The van der Waals surface area contributed by atoms with Crippen LogP contribution in [0, 0.1) is 12.7 Å². The van der Waals surface area contributed by atoms with Crippen molar-refractivity contribution in [2.75, 3.05) is 6.54 Å². The highest BCUT2D eigenvalue weighted by atomic mass is 19.1. The summed E-state index contributed by atoms with van der Waals surface area (Å²) >= 11 is 0. The lowest BCUT2D eigenvalue weighted by Gasteiger charge is -2.05. The van der Waals surface area contributed by atoms with Gasteiger partial charge < -0.3 is 10.3 Å². The summed E-state index contributed by atoms with van der Waals surface area (Å²) in [4.78, 5) is 0. The summed E-state index contributed by atoms with van der Waals surface area (Å²) in [7, 11) is 0. The lowest BCUT2D eigenvalue weighted by Crippen LogP contribution is -2.10. The van der Waals surface area contributed by atoms with Crippen molar-refractivity contribution in [1.29, 1.82) is 0 Å². The summed E-state index contributed by atoms with van der Waals surface area (Å²) < 4.78 is 15.0. The molecular weight excluding hydrogens is 179 g/mol. The first-order valence-electron chi connectivity index (χ1n) is 4.68. The zero-order chi connectivity index (χ0) is 10.1. The zero-order valence-electron chi connectivity index (χ0n) is 8.13. The summed E-state index contributed by atoms with van der Waals surface area (Å²) in [5, 5.41) is 0.941. The van der Waals surface area contributed by atoms with Crippen LogP contribution in [0.25, 0.3) is 10.9 Å². The largest absolute Gasteiger partial charge is 0.344 e. The minimum Gasteiger partial charge on any atom is -0.344 e. The molecule has 0 saturated heterocycles. The van der Waals surface area contributed by atoms with Gasteiger partial charge in [-0.1, -0.05) is 0 Å². The maximum absolute atomic E-state index is 12.9. The van der Waals surface area contributed by atoms with E-state index in [4.69, 9.17) is 5.73 Å². The van der Waals surface area contributed by atoms with Gasteiger partial charge in [-0.25, -0.2) is 4.39 Å². The van der Waals surface area contributed by atoms with E-state index in [1.165, 1.54) is 6.07 Å². The molecule has 0 amide bonds. The number of hydrogen-bond donors (Lipinski definition) is 1. The number of aryl methyl sites for hydroxylation is 1. The Kier molecular flexibility index (Phi) is 2.25. The molecule has 1 heterocycles. The number of rotatable bonds is 2. The molecule has 0 unspecified atom stereocenters. The summed E-state index contributed by atoms with van der Waals surface area (Å²) in [5.74, 6) is -0.192. The fraction of sp³-hybridized carbons (Fsp3) is 0.273. The van der Waals surface area contributed by atoms with Crippen LogP contribution >= 0.6 is 0 Å².